The SMILES string of the molecule is CCCN(C(=O)c1cc(F)cc(C(F)(F)F)c1)C(=O)c1cc(F)ccc1C(F)(F)F. The molecule has 0 aromatic heterocycles. The molecule has 2 aromatic carbocycles. The van der Waals surface area contributed by atoms with Crippen LogP contribution >= 0.6 is 0 Å². The van der Waals surface area contributed by atoms with Gasteiger partial charge in [-0.15, -0.1) is 0 Å². The van der Waals surface area contributed by atoms with Gasteiger partial charge in [-0.1, -0.05) is 6.92 Å². The van der Waals surface area contributed by atoms with Gasteiger partial charge in [0.05, 0.1) is 16.7 Å². The first kappa shape index (κ1) is 23.3. The maximum absolute atomic E-state index is 13.6. The number of nitrogens with zero attached hydrogens (tertiary/aromatic N) is 1. The summed E-state index contributed by atoms with van der Waals surface area (Å²) in [7, 11) is 0. The van der Waals surface area contributed by atoms with Crippen LogP contribution in [-0.4, -0.2) is 23.3 Å². The van der Waals surface area contributed by atoms with Gasteiger partial charge in [0.15, 0.2) is 0 Å². The number of carbonyl (C=O) groups excluding carboxylic acids is 2. The predicted molar refractivity (Wildman–Crippen MR) is 88.5 cm³/mol. The molecule has 0 atom stereocenters. The molecule has 0 aliphatic rings. The van der Waals surface area contributed by atoms with E-state index in [4.69, 9.17) is 0 Å². The van der Waals surface area contributed by atoms with Gasteiger partial charge >= 0.3 is 12.4 Å². The fourth-order valence-corrected chi connectivity index (χ4v) is 2.64. The Kier molecular flexibility index (Phi) is 6.53. The average molecular weight is 439 g/mol. The maximum Gasteiger partial charge on any atom is 0.417 e. The van der Waals surface area contributed by atoms with E-state index in [9.17, 15) is 44.7 Å². The minimum Gasteiger partial charge on any atom is -0.274 e. The molecule has 0 radical (unpaired) electrons. The van der Waals surface area contributed by atoms with Gasteiger partial charge in [-0.25, -0.2) is 8.78 Å². The Labute approximate surface area is 164 Å². The smallest absolute Gasteiger partial charge is 0.274 e. The molecule has 11 heteroatoms. The largest absolute Gasteiger partial charge is 0.417 e. The first-order valence-electron chi connectivity index (χ1n) is 8.36. The van der Waals surface area contributed by atoms with Crippen molar-refractivity contribution in [2.45, 2.75) is 25.7 Å². The Balaban J connectivity index is 2.56. The molecule has 30 heavy (non-hydrogen) atoms. The molecule has 2 rings (SSSR count). The lowest BCUT2D eigenvalue weighted by atomic mass is 10.0. The van der Waals surface area contributed by atoms with Gasteiger partial charge in [0, 0.05) is 12.1 Å². The molecule has 2 aromatic rings. The van der Waals surface area contributed by atoms with Crippen molar-refractivity contribution in [3.63, 3.8) is 0 Å². The Morgan fingerprint density at radius 3 is 2.00 bits per heavy atom. The van der Waals surface area contributed by atoms with E-state index in [0.717, 1.165) is 0 Å². The van der Waals surface area contributed by atoms with Crippen molar-refractivity contribution in [1.82, 2.24) is 4.90 Å². The number of amides is 2. The van der Waals surface area contributed by atoms with Crippen molar-refractivity contribution in [2.24, 2.45) is 0 Å². The molecule has 0 saturated heterocycles. The number of benzene rings is 2. The van der Waals surface area contributed by atoms with Crippen LogP contribution in [0.1, 0.15) is 45.2 Å². The molecule has 0 bridgehead atoms. The molecule has 0 saturated carbocycles. The van der Waals surface area contributed by atoms with Gasteiger partial charge in [-0.05, 0) is 42.8 Å². The summed E-state index contributed by atoms with van der Waals surface area (Å²) in [5.41, 5.74) is -5.14. The fraction of sp³-hybridized carbons (Fsp3) is 0.263. The lowest BCUT2D eigenvalue weighted by Crippen LogP contribution is -2.38. The highest BCUT2D eigenvalue weighted by molar-refractivity contribution is 6.11. The summed E-state index contributed by atoms with van der Waals surface area (Å²) >= 11 is 0. The second kappa shape index (κ2) is 8.41. The molecule has 0 aliphatic heterocycles. The van der Waals surface area contributed by atoms with Crippen LogP contribution in [-0.2, 0) is 12.4 Å². The van der Waals surface area contributed by atoms with Crippen molar-refractivity contribution >= 4 is 11.8 Å². The molecule has 0 fully saturated rings. The number of alkyl halides is 6. The summed E-state index contributed by atoms with van der Waals surface area (Å²) < 4.78 is 105. The lowest BCUT2D eigenvalue weighted by Gasteiger charge is -2.23. The molecule has 2 amide bonds. The molecule has 0 heterocycles. The van der Waals surface area contributed by atoms with Crippen molar-refractivity contribution in [1.29, 1.82) is 0 Å². The van der Waals surface area contributed by atoms with Crippen LogP contribution in [0.4, 0.5) is 35.1 Å². The van der Waals surface area contributed by atoms with Gasteiger partial charge in [-0.2, -0.15) is 26.3 Å². The summed E-state index contributed by atoms with van der Waals surface area (Å²) in [6.07, 6.45) is -10.1. The number of rotatable bonds is 4. The predicted octanol–water partition coefficient (Wildman–Crippen LogP) is 5.70. The standard InChI is InChI=1S/C19H13F8NO2/c1-2-5-28(16(29)10-6-11(18(22,23)24)8-13(21)7-10)17(30)14-9-12(20)3-4-15(14)19(25,26)27/h3-4,6-9H,2,5H2,1H3. The Morgan fingerprint density at radius 1 is 0.833 bits per heavy atom. The number of hydrogen-bond acceptors (Lipinski definition) is 2. The van der Waals surface area contributed by atoms with Crippen molar-refractivity contribution in [2.75, 3.05) is 6.54 Å². The Morgan fingerprint density at radius 2 is 1.47 bits per heavy atom. The van der Waals surface area contributed by atoms with Gasteiger partial charge < -0.3 is 0 Å². The van der Waals surface area contributed by atoms with E-state index in [-0.39, 0.29) is 29.5 Å². The van der Waals surface area contributed by atoms with E-state index >= 15 is 0 Å². The lowest BCUT2D eigenvalue weighted by molar-refractivity contribution is -0.138. The van der Waals surface area contributed by atoms with Crippen LogP contribution in [0.25, 0.3) is 0 Å². The molecule has 162 valence electrons. The minimum atomic E-state index is -5.07. The molecular weight excluding hydrogens is 426 g/mol. The zero-order valence-electron chi connectivity index (χ0n) is 15.2. The first-order valence-corrected chi connectivity index (χ1v) is 8.36. The van der Waals surface area contributed by atoms with Crippen LogP contribution in [0.2, 0.25) is 0 Å². The van der Waals surface area contributed by atoms with E-state index in [0.29, 0.717) is 18.2 Å². The quantitative estimate of drug-likeness (QED) is 0.453. The Hall–Kier alpha value is -2.98. The van der Waals surface area contributed by atoms with Crippen molar-refractivity contribution < 1.29 is 44.7 Å². The molecule has 3 nitrogen and oxygen atoms in total. The highest BCUT2D eigenvalue weighted by atomic mass is 19.4. The van der Waals surface area contributed by atoms with Gasteiger partial charge in [0.2, 0.25) is 0 Å². The monoisotopic (exact) mass is 439 g/mol. The first-order chi connectivity index (χ1) is 13.8. The van der Waals surface area contributed by atoms with Gasteiger partial charge in [-0.3, -0.25) is 14.5 Å². The van der Waals surface area contributed by atoms with Crippen LogP contribution in [0, 0.1) is 11.6 Å². The number of halogens is 8. The highest BCUT2D eigenvalue weighted by Gasteiger charge is 2.38. The summed E-state index contributed by atoms with van der Waals surface area (Å²) in [6.45, 7) is 0.944. The topological polar surface area (TPSA) is 37.4 Å². The normalized spacial score (nSPS) is 12.0. The minimum absolute atomic E-state index is 0.0234. The summed E-state index contributed by atoms with van der Waals surface area (Å²) in [5.74, 6) is -5.66. The molecular formula is C19H13F8NO2. The van der Waals surface area contributed by atoms with Gasteiger partial charge in [0.1, 0.15) is 11.6 Å². The fourth-order valence-electron chi connectivity index (χ4n) is 2.64. The second-order valence-electron chi connectivity index (χ2n) is 6.18. The van der Waals surface area contributed by atoms with Crippen LogP contribution in [0.3, 0.4) is 0 Å². The molecule has 0 aliphatic carbocycles. The number of imide groups is 1. The summed E-state index contributed by atoms with van der Waals surface area (Å²) in [6, 6.07) is 1.86. The average Bonchev–Trinajstić information content (AvgIpc) is 2.62. The third-order valence-electron chi connectivity index (χ3n) is 3.93. The van der Waals surface area contributed by atoms with Crippen molar-refractivity contribution in [3.05, 3.63) is 70.3 Å². The van der Waals surface area contributed by atoms with E-state index in [2.05, 4.69) is 0 Å². The Bertz CT molecular complexity index is 966. The second-order valence-corrected chi connectivity index (χ2v) is 6.18. The zero-order chi connectivity index (χ0) is 22.9. The van der Waals surface area contributed by atoms with Crippen LogP contribution in [0.15, 0.2) is 36.4 Å². The third-order valence-corrected chi connectivity index (χ3v) is 3.93. The molecule has 0 unspecified atom stereocenters. The van der Waals surface area contributed by atoms with E-state index in [1.54, 1.807) is 0 Å². The van der Waals surface area contributed by atoms with Crippen LogP contribution < -0.4 is 0 Å². The molecule has 0 N–H and O–H groups in total. The summed E-state index contributed by atoms with van der Waals surface area (Å²) in [5, 5.41) is 0. The van der Waals surface area contributed by atoms with E-state index in [1.807, 2.05) is 0 Å². The zero-order valence-corrected chi connectivity index (χ0v) is 15.2. The van der Waals surface area contributed by atoms with Crippen LogP contribution in [0.5, 0.6) is 0 Å². The van der Waals surface area contributed by atoms with Crippen molar-refractivity contribution in [3.8, 4) is 0 Å². The number of carbonyl (C=O) groups is 2. The molecule has 0 spiro atoms. The summed E-state index contributed by atoms with van der Waals surface area (Å²) in [4.78, 5) is 25.5. The van der Waals surface area contributed by atoms with E-state index in [1.165, 1.54) is 6.92 Å². The number of hydrogen-bond donors (Lipinski definition) is 0. The maximum atomic E-state index is 13.6. The van der Waals surface area contributed by atoms with Gasteiger partial charge in [0.25, 0.3) is 11.8 Å². The third kappa shape index (κ3) is 5.14. The van der Waals surface area contributed by atoms with E-state index < -0.39 is 64.6 Å². The highest BCUT2D eigenvalue weighted by Crippen LogP contribution is 2.34.